The van der Waals surface area contributed by atoms with Crippen molar-refractivity contribution in [2.24, 2.45) is 0 Å². The lowest BCUT2D eigenvalue weighted by atomic mass is 10.1. The Labute approximate surface area is 195 Å². The summed E-state index contributed by atoms with van der Waals surface area (Å²) >= 11 is 1.55. The van der Waals surface area contributed by atoms with Crippen LogP contribution in [0.2, 0.25) is 0 Å². The molecular weight excluding hydrogens is 446 g/mol. The van der Waals surface area contributed by atoms with Gasteiger partial charge in [-0.3, -0.25) is 14.9 Å². The van der Waals surface area contributed by atoms with Crippen LogP contribution in [0, 0.1) is 17.0 Å². The highest BCUT2D eigenvalue weighted by molar-refractivity contribution is 7.99. The number of hydrogen-bond donors (Lipinski definition) is 2. The first-order chi connectivity index (χ1) is 15.8. The molecular formula is C21H27N7O4S. The van der Waals surface area contributed by atoms with E-state index in [1.54, 1.807) is 42.7 Å². The van der Waals surface area contributed by atoms with Gasteiger partial charge in [-0.25, -0.2) is 14.6 Å². The van der Waals surface area contributed by atoms with E-state index in [1.165, 1.54) is 12.1 Å². The van der Waals surface area contributed by atoms with Crippen molar-refractivity contribution < 1.29 is 14.5 Å². The van der Waals surface area contributed by atoms with Gasteiger partial charge < -0.3 is 15.4 Å². The van der Waals surface area contributed by atoms with Crippen molar-refractivity contribution in [3.63, 3.8) is 0 Å². The molecule has 1 aromatic carbocycles. The van der Waals surface area contributed by atoms with Crippen molar-refractivity contribution in [3.8, 4) is 0 Å². The summed E-state index contributed by atoms with van der Waals surface area (Å²) in [6.07, 6.45) is 1.70. The van der Waals surface area contributed by atoms with E-state index in [1.807, 2.05) is 0 Å². The van der Waals surface area contributed by atoms with Gasteiger partial charge >= 0.3 is 0 Å². The normalized spacial score (nSPS) is 11.2. The molecule has 0 aliphatic heterocycles. The van der Waals surface area contributed by atoms with Crippen LogP contribution in [0.4, 0.5) is 11.5 Å². The summed E-state index contributed by atoms with van der Waals surface area (Å²) in [6.45, 7) is 7.49. The molecule has 1 amide bonds. The second-order valence-electron chi connectivity index (χ2n) is 7.51. The summed E-state index contributed by atoms with van der Waals surface area (Å²) in [5.41, 5.74) is 1.19. The molecule has 0 bridgehead atoms. The number of ether oxygens (including phenoxy) is 1. The van der Waals surface area contributed by atoms with Crippen LogP contribution in [-0.4, -0.2) is 62.6 Å². The monoisotopic (exact) mass is 473 g/mol. The molecule has 0 aliphatic carbocycles. The molecule has 0 radical (unpaired) electrons. The molecule has 0 spiro atoms. The van der Waals surface area contributed by atoms with Crippen LogP contribution in [0.3, 0.4) is 0 Å². The highest BCUT2D eigenvalue weighted by Crippen LogP contribution is 2.26. The predicted octanol–water partition coefficient (Wildman–Crippen LogP) is 3.03. The third-order valence-corrected chi connectivity index (χ3v) is 5.64. The lowest BCUT2D eigenvalue weighted by Gasteiger charge is -2.11. The Balaban J connectivity index is 1.76. The highest BCUT2D eigenvalue weighted by atomic mass is 32.2. The maximum Gasteiger partial charge on any atom is 0.273 e. The molecule has 2 heterocycles. The largest absolute Gasteiger partial charge is 0.383 e. The van der Waals surface area contributed by atoms with Crippen LogP contribution in [0.15, 0.2) is 29.6 Å². The van der Waals surface area contributed by atoms with Gasteiger partial charge in [0.2, 0.25) is 0 Å². The number of nitro benzene ring substituents is 1. The minimum absolute atomic E-state index is 0.0823. The number of fused-ring (bicyclic) bond motifs is 1. The molecule has 0 atom stereocenters. The van der Waals surface area contributed by atoms with Gasteiger partial charge in [-0.1, -0.05) is 31.7 Å². The van der Waals surface area contributed by atoms with Crippen LogP contribution in [-0.2, 0) is 11.3 Å². The van der Waals surface area contributed by atoms with Gasteiger partial charge in [0.15, 0.2) is 10.8 Å². The van der Waals surface area contributed by atoms with E-state index in [-0.39, 0.29) is 23.7 Å². The molecule has 0 fully saturated rings. The molecule has 3 rings (SSSR count). The zero-order chi connectivity index (χ0) is 24.0. The van der Waals surface area contributed by atoms with Gasteiger partial charge in [0.1, 0.15) is 5.82 Å². The standard InChI is InChI=1S/C21H27N7O4S/c1-13(2)33-21-25-18(22-9-11-32-4)16-12-24-27(19(16)26-21)10-8-23-20(29)15-6-5-7-17(14(15)3)28(30)31/h5-7,12-13H,8-11H2,1-4H3,(H,23,29)(H,22,25,26). The summed E-state index contributed by atoms with van der Waals surface area (Å²) in [7, 11) is 1.64. The van der Waals surface area contributed by atoms with Gasteiger partial charge in [-0.15, -0.1) is 0 Å². The van der Waals surface area contributed by atoms with Crippen LogP contribution in [0.5, 0.6) is 0 Å². The molecule has 0 unspecified atom stereocenters. The van der Waals surface area contributed by atoms with Crippen LogP contribution in [0.25, 0.3) is 11.0 Å². The zero-order valence-corrected chi connectivity index (χ0v) is 19.8. The molecule has 2 N–H and O–H groups in total. The molecule has 12 heteroatoms. The third kappa shape index (κ3) is 5.96. The van der Waals surface area contributed by atoms with E-state index in [2.05, 4.69) is 39.5 Å². The number of nitrogens with zero attached hydrogens (tertiary/aromatic N) is 5. The number of anilines is 1. The second-order valence-corrected chi connectivity index (χ2v) is 9.05. The van der Waals surface area contributed by atoms with E-state index in [9.17, 15) is 14.9 Å². The fraction of sp³-hybridized carbons (Fsp3) is 0.429. The number of amides is 1. The lowest BCUT2D eigenvalue weighted by molar-refractivity contribution is -0.385. The maximum atomic E-state index is 12.6. The second kappa shape index (κ2) is 11.1. The number of benzene rings is 1. The summed E-state index contributed by atoms with van der Waals surface area (Å²) in [5, 5.41) is 23.3. The van der Waals surface area contributed by atoms with Gasteiger partial charge in [-0.05, 0) is 13.0 Å². The Bertz CT molecular complexity index is 1150. The van der Waals surface area contributed by atoms with E-state index in [0.29, 0.717) is 47.1 Å². The fourth-order valence-electron chi connectivity index (χ4n) is 3.21. The number of methoxy groups -OCH3 is 1. The highest BCUT2D eigenvalue weighted by Gasteiger charge is 2.18. The van der Waals surface area contributed by atoms with Crippen molar-refractivity contribution in [1.82, 2.24) is 25.1 Å². The number of aromatic nitrogens is 4. The number of nitro groups is 1. The van der Waals surface area contributed by atoms with Gasteiger partial charge in [-0.2, -0.15) is 5.10 Å². The Hall–Kier alpha value is -3.25. The molecule has 176 valence electrons. The number of carbonyl (C=O) groups excluding carboxylic acids is 1. The van der Waals surface area contributed by atoms with Gasteiger partial charge in [0.05, 0.1) is 29.7 Å². The van der Waals surface area contributed by atoms with E-state index < -0.39 is 4.92 Å². The molecule has 2 aromatic heterocycles. The van der Waals surface area contributed by atoms with E-state index in [0.717, 1.165) is 5.39 Å². The number of rotatable bonds is 11. The van der Waals surface area contributed by atoms with Crippen molar-refractivity contribution in [1.29, 1.82) is 0 Å². The van der Waals surface area contributed by atoms with Crippen LogP contribution < -0.4 is 10.6 Å². The summed E-state index contributed by atoms with van der Waals surface area (Å²) < 4.78 is 6.82. The van der Waals surface area contributed by atoms with E-state index in [4.69, 9.17) is 4.74 Å². The Morgan fingerprint density at radius 2 is 2.09 bits per heavy atom. The minimum Gasteiger partial charge on any atom is -0.383 e. The molecule has 33 heavy (non-hydrogen) atoms. The third-order valence-electron chi connectivity index (χ3n) is 4.77. The Kier molecular flexibility index (Phi) is 8.17. The first-order valence-corrected chi connectivity index (χ1v) is 11.3. The molecule has 11 nitrogen and oxygen atoms in total. The van der Waals surface area contributed by atoms with Crippen molar-refractivity contribution in [2.75, 3.05) is 32.1 Å². The summed E-state index contributed by atoms with van der Waals surface area (Å²) in [4.78, 5) is 32.5. The molecule has 0 saturated heterocycles. The van der Waals surface area contributed by atoms with Crippen molar-refractivity contribution >= 4 is 40.2 Å². The average molecular weight is 474 g/mol. The number of hydrogen-bond acceptors (Lipinski definition) is 9. The maximum absolute atomic E-state index is 12.6. The summed E-state index contributed by atoms with van der Waals surface area (Å²) in [5.74, 6) is 0.308. The zero-order valence-electron chi connectivity index (χ0n) is 19.0. The first kappa shape index (κ1) is 24.4. The Morgan fingerprint density at radius 3 is 2.79 bits per heavy atom. The SMILES string of the molecule is COCCNc1nc(SC(C)C)nc2c1cnn2CCNC(=O)c1cccc([N+](=O)[O-])c1C. The molecule has 0 aliphatic rings. The number of nitrogens with one attached hydrogen (secondary N) is 2. The first-order valence-electron chi connectivity index (χ1n) is 10.5. The number of thioether (sulfide) groups is 1. The smallest absolute Gasteiger partial charge is 0.273 e. The molecule has 0 saturated carbocycles. The molecule has 3 aromatic rings. The van der Waals surface area contributed by atoms with Gasteiger partial charge in [0.25, 0.3) is 11.6 Å². The quantitative estimate of drug-likeness (QED) is 0.141. The predicted molar refractivity (Wildman–Crippen MR) is 127 cm³/mol. The van der Waals surface area contributed by atoms with Crippen LogP contribution in [0.1, 0.15) is 29.8 Å². The minimum atomic E-state index is -0.493. The van der Waals surface area contributed by atoms with E-state index >= 15 is 0 Å². The van der Waals surface area contributed by atoms with Crippen molar-refractivity contribution in [3.05, 3.63) is 45.6 Å². The topological polar surface area (TPSA) is 137 Å². The summed E-state index contributed by atoms with van der Waals surface area (Å²) in [6, 6.07) is 4.46. The van der Waals surface area contributed by atoms with Gasteiger partial charge in [0, 0.05) is 42.6 Å². The van der Waals surface area contributed by atoms with Crippen molar-refractivity contribution in [2.45, 2.75) is 37.7 Å². The Morgan fingerprint density at radius 1 is 1.30 bits per heavy atom. The number of carbonyl (C=O) groups is 1. The van der Waals surface area contributed by atoms with Crippen LogP contribution >= 0.6 is 11.8 Å². The fourth-order valence-corrected chi connectivity index (χ4v) is 3.91. The average Bonchev–Trinajstić information content (AvgIpc) is 3.16. The lowest BCUT2D eigenvalue weighted by Crippen LogP contribution is -2.28.